The number of likely N-dealkylation sites (tertiary alicyclic amines) is 1. The highest BCUT2D eigenvalue weighted by atomic mass is 32.1. The topological polar surface area (TPSA) is 94.6 Å². The van der Waals surface area contributed by atoms with Crippen LogP contribution in [0.1, 0.15) is 67.0 Å². The van der Waals surface area contributed by atoms with Crippen molar-refractivity contribution in [3.05, 3.63) is 123 Å². The summed E-state index contributed by atoms with van der Waals surface area (Å²) in [6.45, 7) is 2.67. The van der Waals surface area contributed by atoms with E-state index in [1.807, 2.05) is 47.5 Å². The minimum absolute atomic E-state index is 0.0269. The number of benzene rings is 3. The normalized spacial score (nSPS) is 16.4. The average Bonchev–Trinajstić information content (AvgIpc) is 3.70. The van der Waals surface area contributed by atoms with Gasteiger partial charge in [0.15, 0.2) is 0 Å². The minimum atomic E-state index is -4.45. The largest absolute Gasteiger partial charge is 0.416 e. The lowest BCUT2D eigenvalue weighted by molar-refractivity contribution is -0.137. The predicted octanol–water partition coefficient (Wildman–Crippen LogP) is 5.94. The molecule has 0 bridgehead atoms. The number of thiazole rings is 1. The third-order valence-electron chi connectivity index (χ3n) is 7.82. The fourth-order valence-corrected chi connectivity index (χ4v) is 6.46. The molecule has 1 saturated heterocycles. The summed E-state index contributed by atoms with van der Waals surface area (Å²) in [5.41, 5.74) is 2.17. The number of hydrogen-bond acceptors (Lipinski definition) is 6. The number of carbonyl (C=O) groups is 2. The van der Waals surface area contributed by atoms with Crippen LogP contribution < -0.4 is 10.6 Å². The Morgan fingerprint density at radius 3 is 2.49 bits per heavy atom. The number of hydrogen-bond donors (Lipinski definition) is 3. The van der Waals surface area contributed by atoms with E-state index >= 15 is 0 Å². The number of nitrogens with zero attached hydrogens (tertiary/aromatic N) is 2. The molecule has 5 rings (SSSR count). The number of aliphatic hydroxyl groups excluding tert-OH is 1. The highest BCUT2D eigenvalue weighted by Crippen LogP contribution is 2.35. The van der Waals surface area contributed by atoms with Crippen molar-refractivity contribution in [1.82, 2.24) is 20.5 Å². The van der Waals surface area contributed by atoms with E-state index in [1.165, 1.54) is 6.07 Å². The van der Waals surface area contributed by atoms with Crippen LogP contribution in [-0.2, 0) is 19.1 Å². The molecule has 7 nitrogen and oxygen atoms in total. The lowest BCUT2D eigenvalue weighted by atomic mass is 10.00. The number of carbonyl (C=O) groups excluding carboxylic acids is 2. The van der Waals surface area contributed by atoms with Gasteiger partial charge in [-0.1, -0.05) is 54.6 Å². The van der Waals surface area contributed by atoms with Crippen LogP contribution >= 0.6 is 11.3 Å². The van der Waals surface area contributed by atoms with Gasteiger partial charge >= 0.3 is 6.18 Å². The Balaban J connectivity index is 1.26. The lowest BCUT2D eigenvalue weighted by Crippen LogP contribution is -2.48. The lowest BCUT2D eigenvalue weighted by Gasteiger charge is -2.25. The molecule has 3 atom stereocenters. The first-order valence-corrected chi connectivity index (χ1v) is 15.7. The van der Waals surface area contributed by atoms with Crippen LogP contribution in [0.15, 0.2) is 84.2 Å². The van der Waals surface area contributed by atoms with Crippen molar-refractivity contribution in [3.8, 4) is 0 Å². The van der Waals surface area contributed by atoms with Crippen molar-refractivity contribution in [2.75, 3.05) is 13.1 Å². The summed E-state index contributed by atoms with van der Waals surface area (Å²) in [5.74, 6) is -0.615. The Kier molecular flexibility index (Phi) is 10.3. The number of aliphatic hydroxyl groups is 1. The van der Waals surface area contributed by atoms with Crippen LogP contribution in [-0.4, -0.2) is 52.0 Å². The van der Waals surface area contributed by atoms with Crippen LogP contribution in [0.2, 0.25) is 0 Å². The fourth-order valence-electron chi connectivity index (χ4n) is 5.52. The summed E-state index contributed by atoms with van der Waals surface area (Å²) in [6.07, 6.45) is -3.48. The summed E-state index contributed by atoms with van der Waals surface area (Å²) in [5, 5.41) is 19.9. The zero-order valence-electron chi connectivity index (χ0n) is 24.8. The number of alkyl halides is 3. The van der Waals surface area contributed by atoms with Gasteiger partial charge < -0.3 is 20.6 Å². The van der Waals surface area contributed by atoms with Crippen LogP contribution in [0.4, 0.5) is 13.2 Å². The number of nitrogens with one attached hydrogen (secondary N) is 2. The molecule has 4 aromatic rings. The standard InChI is InChI=1S/C34H35F3N4O3S/c1-22-21-45-32(39-22)29-14-7-15-41(29)33(44)26-12-6-11-25(18-26)31(43)40-28(17-23-8-3-2-4-9-23)30(42)20-38-19-24-10-5-13-27(16-24)34(35,36)37/h2-6,8-13,16,18,21,28-30,38,42H,7,14-15,17,19-20H2,1H3,(H,40,43)/t28-,29+,30-/m0/s1. The first kappa shape index (κ1) is 32.3. The van der Waals surface area contributed by atoms with E-state index in [0.717, 1.165) is 41.2 Å². The maximum atomic E-state index is 13.6. The first-order valence-electron chi connectivity index (χ1n) is 14.8. The number of rotatable bonds is 11. The number of aryl methyl sites for hydroxylation is 1. The first-order chi connectivity index (χ1) is 21.6. The molecular weight excluding hydrogens is 601 g/mol. The van der Waals surface area contributed by atoms with Crippen molar-refractivity contribution >= 4 is 23.2 Å². The van der Waals surface area contributed by atoms with Crippen LogP contribution in [0.25, 0.3) is 0 Å². The molecule has 0 saturated carbocycles. The molecule has 2 amide bonds. The van der Waals surface area contributed by atoms with E-state index in [-0.39, 0.29) is 30.6 Å². The molecule has 0 radical (unpaired) electrons. The highest BCUT2D eigenvalue weighted by Gasteiger charge is 2.33. The van der Waals surface area contributed by atoms with Gasteiger partial charge in [-0.3, -0.25) is 9.59 Å². The zero-order chi connectivity index (χ0) is 32.0. The average molecular weight is 637 g/mol. The Morgan fingerprint density at radius 2 is 1.76 bits per heavy atom. The number of aromatic nitrogens is 1. The molecule has 3 N–H and O–H groups in total. The molecule has 1 fully saturated rings. The molecule has 0 spiro atoms. The SMILES string of the molecule is Cc1csc([C@H]2CCCN2C(=O)c2cccc(C(=O)N[C@@H](Cc3ccccc3)[C@@H](O)CNCc3cccc(C(F)(F)F)c3)c2)n1. The third-order valence-corrected chi connectivity index (χ3v) is 8.89. The van der Waals surface area contributed by atoms with Crippen molar-refractivity contribution in [3.63, 3.8) is 0 Å². The van der Waals surface area contributed by atoms with E-state index in [9.17, 15) is 27.9 Å². The van der Waals surface area contributed by atoms with E-state index in [2.05, 4.69) is 15.6 Å². The van der Waals surface area contributed by atoms with Gasteiger partial charge in [-0.15, -0.1) is 11.3 Å². The zero-order valence-corrected chi connectivity index (χ0v) is 25.6. The van der Waals surface area contributed by atoms with Crippen LogP contribution in [0.3, 0.4) is 0 Å². The monoisotopic (exact) mass is 636 g/mol. The molecule has 2 heterocycles. The molecule has 45 heavy (non-hydrogen) atoms. The van der Waals surface area contributed by atoms with E-state index < -0.39 is 29.8 Å². The van der Waals surface area contributed by atoms with Crippen molar-refractivity contribution in [1.29, 1.82) is 0 Å². The van der Waals surface area contributed by atoms with Gasteiger partial charge in [-0.05, 0) is 61.6 Å². The highest BCUT2D eigenvalue weighted by molar-refractivity contribution is 7.09. The molecule has 11 heteroatoms. The van der Waals surface area contributed by atoms with Crippen molar-refractivity contribution in [2.24, 2.45) is 0 Å². The predicted molar refractivity (Wildman–Crippen MR) is 167 cm³/mol. The van der Waals surface area contributed by atoms with Gasteiger partial charge in [0.05, 0.1) is 23.8 Å². The number of halogens is 3. The second kappa shape index (κ2) is 14.4. The second-order valence-corrected chi connectivity index (χ2v) is 12.1. The van der Waals surface area contributed by atoms with E-state index in [1.54, 1.807) is 41.7 Å². The Labute approximate surface area is 264 Å². The van der Waals surface area contributed by atoms with E-state index in [4.69, 9.17) is 0 Å². The molecular formula is C34H35F3N4O3S. The quantitative estimate of drug-likeness (QED) is 0.190. The third kappa shape index (κ3) is 8.36. The molecule has 1 aliphatic rings. The van der Waals surface area contributed by atoms with Gasteiger partial charge in [-0.25, -0.2) is 4.98 Å². The summed E-state index contributed by atoms with van der Waals surface area (Å²) >= 11 is 1.54. The molecule has 0 aliphatic carbocycles. The summed E-state index contributed by atoms with van der Waals surface area (Å²) < 4.78 is 39.3. The minimum Gasteiger partial charge on any atom is -0.390 e. The summed E-state index contributed by atoms with van der Waals surface area (Å²) in [6, 6.07) is 20.1. The summed E-state index contributed by atoms with van der Waals surface area (Å²) in [7, 11) is 0. The Hall–Kier alpha value is -4.06. The number of amides is 2. The smallest absolute Gasteiger partial charge is 0.390 e. The molecule has 0 unspecified atom stereocenters. The van der Waals surface area contributed by atoms with Gasteiger partial charge in [0.2, 0.25) is 0 Å². The fraction of sp³-hybridized carbons (Fsp3) is 0.324. The summed E-state index contributed by atoms with van der Waals surface area (Å²) in [4.78, 5) is 33.4. The maximum absolute atomic E-state index is 13.6. The molecule has 236 valence electrons. The molecule has 1 aromatic heterocycles. The molecule has 3 aromatic carbocycles. The van der Waals surface area contributed by atoms with E-state index in [0.29, 0.717) is 24.1 Å². The van der Waals surface area contributed by atoms with Gasteiger partial charge in [-0.2, -0.15) is 13.2 Å². The van der Waals surface area contributed by atoms with Gasteiger partial charge in [0.25, 0.3) is 11.8 Å². The maximum Gasteiger partial charge on any atom is 0.416 e. The molecule has 1 aliphatic heterocycles. The van der Waals surface area contributed by atoms with Gasteiger partial charge in [0, 0.05) is 41.8 Å². The van der Waals surface area contributed by atoms with Gasteiger partial charge in [0.1, 0.15) is 5.01 Å². The Bertz CT molecular complexity index is 1610. The van der Waals surface area contributed by atoms with Crippen LogP contribution in [0.5, 0.6) is 0 Å². The van der Waals surface area contributed by atoms with Crippen molar-refractivity contribution < 1.29 is 27.9 Å². The van der Waals surface area contributed by atoms with Crippen LogP contribution in [0, 0.1) is 6.92 Å². The van der Waals surface area contributed by atoms with Crippen molar-refractivity contribution in [2.45, 2.75) is 57.1 Å². The Morgan fingerprint density at radius 1 is 1.02 bits per heavy atom. The second-order valence-electron chi connectivity index (χ2n) is 11.2.